The minimum Gasteiger partial charge on any atom is -0.481 e. The fraction of sp³-hybridized carbons (Fsp3) is 0.556. The van der Waals surface area contributed by atoms with Crippen LogP contribution < -0.4 is 5.32 Å². The third-order valence-electron chi connectivity index (χ3n) is 4.60. The molecule has 0 bridgehead atoms. The van der Waals surface area contributed by atoms with Crippen molar-refractivity contribution >= 4 is 11.9 Å². The first-order valence-corrected chi connectivity index (χ1v) is 8.30. The van der Waals surface area contributed by atoms with Crippen LogP contribution in [0.3, 0.4) is 0 Å². The minimum absolute atomic E-state index is 0.0144. The Bertz CT molecular complexity index is 572. The number of carbonyl (C=O) groups excluding carboxylic acids is 1. The Morgan fingerprint density at radius 3 is 2.62 bits per heavy atom. The van der Waals surface area contributed by atoms with E-state index in [1.165, 1.54) is 6.07 Å². The number of rotatable bonds is 7. The van der Waals surface area contributed by atoms with E-state index < -0.39 is 11.9 Å². The van der Waals surface area contributed by atoms with Gasteiger partial charge in [0.25, 0.3) is 0 Å². The lowest BCUT2D eigenvalue weighted by molar-refractivity contribution is -0.145. The van der Waals surface area contributed by atoms with Gasteiger partial charge in [0.15, 0.2) is 0 Å². The maximum Gasteiger partial charge on any atom is 0.308 e. The molecule has 0 saturated carbocycles. The van der Waals surface area contributed by atoms with Gasteiger partial charge in [0.2, 0.25) is 5.91 Å². The number of hydrogen-bond acceptors (Lipinski definition) is 3. The van der Waals surface area contributed by atoms with Gasteiger partial charge in [-0.05, 0) is 36.3 Å². The molecule has 0 spiro atoms. The highest BCUT2D eigenvalue weighted by Crippen LogP contribution is 2.24. The first-order valence-electron chi connectivity index (χ1n) is 8.30. The van der Waals surface area contributed by atoms with Crippen molar-refractivity contribution in [1.82, 2.24) is 5.32 Å². The van der Waals surface area contributed by atoms with E-state index in [1.807, 2.05) is 0 Å². The topological polar surface area (TPSA) is 75.6 Å². The first-order chi connectivity index (χ1) is 11.5. The quantitative estimate of drug-likeness (QED) is 0.802. The molecule has 1 aliphatic rings. The lowest BCUT2D eigenvalue weighted by atomic mass is 9.86. The molecule has 2 atom stereocenters. The van der Waals surface area contributed by atoms with Crippen LogP contribution in [0.2, 0.25) is 0 Å². The van der Waals surface area contributed by atoms with Gasteiger partial charge >= 0.3 is 5.97 Å². The summed E-state index contributed by atoms with van der Waals surface area (Å²) in [6, 6.07) is 6.38. The monoisotopic (exact) mass is 337 g/mol. The molecule has 6 heteroatoms. The zero-order chi connectivity index (χ0) is 17.5. The second-order valence-electron chi connectivity index (χ2n) is 6.33. The van der Waals surface area contributed by atoms with Crippen molar-refractivity contribution in [3.05, 3.63) is 35.6 Å². The van der Waals surface area contributed by atoms with E-state index in [4.69, 9.17) is 4.74 Å². The van der Waals surface area contributed by atoms with Crippen LogP contribution in [0.25, 0.3) is 0 Å². The van der Waals surface area contributed by atoms with Gasteiger partial charge in [-0.3, -0.25) is 9.59 Å². The van der Waals surface area contributed by atoms with Crippen LogP contribution in [-0.4, -0.2) is 36.7 Å². The number of aliphatic carboxylic acids is 1. The summed E-state index contributed by atoms with van der Waals surface area (Å²) in [6.07, 6.45) is 1.51. The van der Waals surface area contributed by atoms with Crippen LogP contribution in [0.15, 0.2) is 24.3 Å². The SMILES string of the molecule is CC(CC(=O)NCC(C(=O)O)C1CCOCC1)c1ccccc1F. The summed E-state index contributed by atoms with van der Waals surface area (Å²) in [5, 5.41) is 12.1. The fourth-order valence-corrected chi connectivity index (χ4v) is 3.13. The molecular weight excluding hydrogens is 313 g/mol. The van der Waals surface area contributed by atoms with Crippen molar-refractivity contribution in [1.29, 1.82) is 0 Å². The molecule has 24 heavy (non-hydrogen) atoms. The lowest BCUT2D eigenvalue weighted by Crippen LogP contribution is -2.39. The normalized spacial score (nSPS) is 17.9. The summed E-state index contributed by atoms with van der Waals surface area (Å²) in [7, 11) is 0. The predicted octanol–water partition coefficient (Wildman–Crippen LogP) is 2.56. The van der Waals surface area contributed by atoms with E-state index in [1.54, 1.807) is 25.1 Å². The van der Waals surface area contributed by atoms with Gasteiger partial charge in [-0.25, -0.2) is 4.39 Å². The molecule has 1 aromatic rings. The van der Waals surface area contributed by atoms with Crippen LogP contribution in [0.4, 0.5) is 4.39 Å². The molecule has 1 saturated heterocycles. The Balaban J connectivity index is 1.86. The van der Waals surface area contributed by atoms with Gasteiger partial charge < -0.3 is 15.2 Å². The molecular formula is C18H24FNO4. The van der Waals surface area contributed by atoms with Gasteiger partial charge in [0.1, 0.15) is 5.82 Å². The number of carbonyl (C=O) groups is 2. The maximum absolute atomic E-state index is 13.7. The molecule has 1 aromatic carbocycles. The summed E-state index contributed by atoms with van der Waals surface area (Å²) in [5.74, 6) is -2.35. The third-order valence-corrected chi connectivity index (χ3v) is 4.60. The number of carboxylic acid groups (broad SMARTS) is 1. The number of ether oxygens (including phenoxy) is 1. The molecule has 2 rings (SSSR count). The molecule has 2 unspecified atom stereocenters. The molecule has 0 aromatic heterocycles. The van der Waals surface area contributed by atoms with Crippen LogP contribution in [0.1, 0.15) is 37.7 Å². The fourth-order valence-electron chi connectivity index (χ4n) is 3.13. The Morgan fingerprint density at radius 1 is 1.33 bits per heavy atom. The maximum atomic E-state index is 13.7. The minimum atomic E-state index is -0.899. The summed E-state index contributed by atoms with van der Waals surface area (Å²) in [4.78, 5) is 23.6. The van der Waals surface area contributed by atoms with Gasteiger partial charge in [-0.2, -0.15) is 0 Å². The summed E-state index contributed by atoms with van der Waals surface area (Å²) >= 11 is 0. The standard InChI is InChI=1S/C18H24FNO4/c1-12(14-4-2-3-5-16(14)19)10-17(21)20-11-15(18(22)23)13-6-8-24-9-7-13/h2-5,12-13,15H,6-11H2,1H3,(H,20,21)(H,22,23). The van der Waals surface area contributed by atoms with Gasteiger partial charge in [0, 0.05) is 26.2 Å². The predicted molar refractivity (Wildman–Crippen MR) is 87.1 cm³/mol. The van der Waals surface area contributed by atoms with E-state index in [0.717, 1.165) is 0 Å². The lowest BCUT2D eigenvalue weighted by Gasteiger charge is -2.27. The summed E-state index contributed by atoms with van der Waals surface area (Å²) < 4.78 is 19.0. The van der Waals surface area contributed by atoms with Crippen LogP contribution >= 0.6 is 0 Å². The summed E-state index contributed by atoms with van der Waals surface area (Å²) in [5.41, 5.74) is 0.492. The van der Waals surface area contributed by atoms with Gasteiger partial charge in [0.05, 0.1) is 5.92 Å². The second-order valence-corrected chi connectivity index (χ2v) is 6.33. The molecule has 0 aliphatic carbocycles. The molecule has 132 valence electrons. The van der Waals surface area contributed by atoms with E-state index in [-0.39, 0.29) is 36.5 Å². The number of carboxylic acids is 1. The number of benzene rings is 1. The zero-order valence-electron chi connectivity index (χ0n) is 13.8. The largest absolute Gasteiger partial charge is 0.481 e. The van der Waals surface area contributed by atoms with E-state index in [2.05, 4.69) is 5.32 Å². The highest BCUT2D eigenvalue weighted by Gasteiger charge is 2.30. The molecule has 1 heterocycles. The first kappa shape index (κ1) is 18.4. The number of nitrogens with one attached hydrogen (secondary N) is 1. The van der Waals surface area contributed by atoms with Crippen molar-refractivity contribution in [3.63, 3.8) is 0 Å². The highest BCUT2D eigenvalue weighted by molar-refractivity contribution is 5.78. The molecule has 1 fully saturated rings. The Hall–Kier alpha value is -1.95. The van der Waals surface area contributed by atoms with Crippen molar-refractivity contribution in [2.75, 3.05) is 19.8 Å². The number of halogens is 1. The summed E-state index contributed by atoms with van der Waals surface area (Å²) in [6.45, 7) is 3.01. The smallest absolute Gasteiger partial charge is 0.308 e. The van der Waals surface area contributed by atoms with E-state index in [0.29, 0.717) is 31.6 Å². The molecule has 1 amide bonds. The Kier molecular flexibility index (Phi) is 6.73. The van der Waals surface area contributed by atoms with E-state index >= 15 is 0 Å². The molecule has 1 aliphatic heterocycles. The Labute approximate surface area is 141 Å². The van der Waals surface area contributed by atoms with Crippen molar-refractivity contribution in [2.45, 2.75) is 32.1 Å². The number of hydrogen-bond donors (Lipinski definition) is 2. The van der Waals surface area contributed by atoms with Gasteiger partial charge in [-0.1, -0.05) is 25.1 Å². The second kappa shape index (κ2) is 8.78. The molecule has 2 N–H and O–H groups in total. The van der Waals surface area contributed by atoms with Crippen molar-refractivity contribution < 1.29 is 23.8 Å². The van der Waals surface area contributed by atoms with Crippen molar-refractivity contribution in [2.24, 2.45) is 11.8 Å². The third kappa shape index (κ3) is 5.03. The zero-order valence-corrected chi connectivity index (χ0v) is 13.8. The van der Waals surface area contributed by atoms with E-state index in [9.17, 15) is 19.1 Å². The van der Waals surface area contributed by atoms with Crippen LogP contribution in [0, 0.1) is 17.7 Å². The highest BCUT2D eigenvalue weighted by atomic mass is 19.1. The van der Waals surface area contributed by atoms with Gasteiger partial charge in [-0.15, -0.1) is 0 Å². The van der Waals surface area contributed by atoms with Crippen LogP contribution in [-0.2, 0) is 14.3 Å². The molecule has 0 radical (unpaired) electrons. The number of amides is 1. The van der Waals surface area contributed by atoms with Crippen LogP contribution in [0.5, 0.6) is 0 Å². The Morgan fingerprint density at radius 2 is 2.00 bits per heavy atom. The van der Waals surface area contributed by atoms with Crippen molar-refractivity contribution in [3.8, 4) is 0 Å². The average molecular weight is 337 g/mol. The average Bonchev–Trinajstić information content (AvgIpc) is 2.56. The molecule has 5 nitrogen and oxygen atoms in total.